The predicted molar refractivity (Wildman–Crippen MR) is 60.5 cm³/mol. The van der Waals surface area contributed by atoms with Crippen LogP contribution in [0.3, 0.4) is 0 Å². The fourth-order valence-electron chi connectivity index (χ4n) is 1.40. The van der Waals surface area contributed by atoms with Crippen molar-refractivity contribution in [3.8, 4) is 5.75 Å². The van der Waals surface area contributed by atoms with Crippen molar-refractivity contribution >= 4 is 7.14 Å². The second-order valence-electron chi connectivity index (χ2n) is 3.48. The molecule has 3 heteroatoms. The molecule has 2 nitrogen and oxygen atoms in total. The first kappa shape index (κ1) is 11.3. The van der Waals surface area contributed by atoms with Crippen LogP contribution >= 0.6 is 7.14 Å². The van der Waals surface area contributed by atoms with Crippen molar-refractivity contribution < 1.29 is 9.67 Å². The monoisotopic (exact) mass is 212 g/mol. The van der Waals surface area contributed by atoms with E-state index in [0.717, 1.165) is 5.56 Å². The van der Waals surface area contributed by atoms with Gasteiger partial charge in [0.1, 0.15) is 5.75 Å². The van der Waals surface area contributed by atoms with Crippen LogP contribution in [0, 0.1) is 0 Å². The van der Waals surface area contributed by atoms with Crippen LogP contribution in [0.5, 0.6) is 5.75 Å². The Hall–Kier alpha value is -0.750. The quantitative estimate of drug-likeness (QED) is 0.777. The Bertz CT molecular complexity index is 339. The summed E-state index contributed by atoms with van der Waals surface area (Å²) >= 11 is 0. The molecule has 0 fully saturated rings. The number of benzene rings is 1. The van der Waals surface area contributed by atoms with E-state index in [0.29, 0.717) is 18.5 Å². The number of para-hydroxylation sites is 1. The average molecular weight is 212 g/mol. The molecule has 78 valence electrons. The standard InChI is InChI=1S/C11H17O2P/c1-3-14(13,4-2)9-10-7-5-6-8-11(10)12/h5-8,12H,3-4,9H2,1-2H3. The van der Waals surface area contributed by atoms with Crippen molar-refractivity contribution in [2.75, 3.05) is 12.3 Å². The molecule has 0 atom stereocenters. The highest BCUT2D eigenvalue weighted by Gasteiger charge is 2.18. The van der Waals surface area contributed by atoms with Gasteiger partial charge in [0.05, 0.1) is 7.14 Å². The average Bonchev–Trinajstić information content (AvgIpc) is 2.21. The van der Waals surface area contributed by atoms with E-state index < -0.39 is 7.14 Å². The minimum atomic E-state index is -2.09. The molecule has 0 saturated heterocycles. The van der Waals surface area contributed by atoms with Crippen molar-refractivity contribution in [1.29, 1.82) is 0 Å². The van der Waals surface area contributed by atoms with Gasteiger partial charge in [0.25, 0.3) is 0 Å². The van der Waals surface area contributed by atoms with Crippen LogP contribution in [0.2, 0.25) is 0 Å². The summed E-state index contributed by atoms with van der Waals surface area (Å²) in [4.78, 5) is 0. The number of aromatic hydroxyl groups is 1. The first-order chi connectivity index (χ1) is 6.61. The van der Waals surface area contributed by atoms with Gasteiger partial charge in [-0.15, -0.1) is 0 Å². The Morgan fingerprint density at radius 2 is 1.79 bits per heavy atom. The van der Waals surface area contributed by atoms with Gasteiger partial charge in [0, 0.05) is 11.7 Å². The minimum absolute atomic E-state index is 0.259. The lowest BCUT2D eigenvalue weighted by atomic mass is 10.2. The van der Waals surface area contributed by atoms with E-state index in [1.807, 2.05) is 26.0 Å². The Labute approximate surface area is 85.3 Å². The maximum Gasteiger partial charge on any atom is 0.119 e. The van der Waals surface area contributed by atoms with Gasteiger partial charge in [-0.05, 0) is 18.4 Å². The molecule has 1 aromatic carbocycles. The van der Waals surface area contributed by atoms with Crippen molar-refractivity contribution in [3.05, 3.63) is 29.8 Å². The highest BCUT2D eigenvalue weighted by Crippen LogP contribution is 2.49. The molecule has 1 aromatic rings. The maximum atomic E-state index is 12.2. The molecule has 0 aromatic heterocycles. The van der Waals surface area contributed by atoms with E-state index in [-0.39, 0.29) is 5.75 Å². The van der Waals surface area contributed by atoms with E-state index in [9.17, 15) is 9.67 Å². The third-order valence-corrected chi connectivity index (χ3v) is 5.82. The van der Waals surface area contributed by atoms with Crippen molar-refractivity contribution in [2.45, 2.75) is 20.0 Å². The molecular formula is C11H17O2P. The molecule has 1 rings (SSSR count). The summed E-state index contributed by atoms with van der Waals surface area (Å²) < 4.78 is 12.2. The molecule has 1 N–H and O–H groups in total. The molecule has 0 aliphatic heterocycles. The summed E-state index contributed by atoms with van der Waals surface area (Å²) in [5.74, 6) is 0.259. The summed E-state index contributed by atoms with van der Waals surface area (Å²) in [5, 5.41) is 9.54. The van der Waals surface area contributed by atoms with Crippen LogP contribution in [-0.2, 0) is 10.7 Å². The molecule has 0 amide bonds. The molecule has 0 heterocycles. The van der Waals surface area contributed by atoms with Crippen LogP contribution in [0.1, 0.15) is 19.4 Å². The highest BCUT2D eigenvalue weighted by atomic mass is 31.2. The van der Waals surface area contributed by atoms with Gasteiger partial charge in [-0.1, -0.05) is 32.0 Å². The number of phenolic OH excluding ortho intramolecular Hbond substituents is 1. The first-order valence-corrected chi connectivity index (χ1v) is 7.21. The SMILES string of the molecule is CCP(=O)(CC)Cc1ccccc1O. The van der Waals surface area contributed by atoms with Crippen molar-refractivity contribution in [2.24, 2.45) is 0 Å². The smallest absolute Gasteiger partial charge is 0.119 e. The summed E-state index contributed by atoms with van der Waals surface area (Å²) in [6.45, 7) is 3.90. The Kier molecular flexibility index (Phi) is 3.77. The van der Waals surface area contributed by atoms with E-state index in [1.54, 1.807) is 12.1 Å². The van der Waals surface area contributed by atoms with Crippen molar-refractivity contribution in [1.82, 2.24) is 0 Å². The van der Waals surface area contributed by atoms with Gasteiger partial charge in [0.15, 0.2) is 0 Å². The molecule has 0 saturated carbocycles. The zero-order valence-corrected chi connectivity index (χ0v) is 9.63. The second kappa shape index (κ2) is 4.65. The Morgan fingerprint density at radius 1 is 1.21 bits per heavy atom. The molecule has 0 bridgehead atoms. The molecule has 0 spiro atoms. The number of hydrogen-bond acceptors (Lipinski definition) is 2. The molecule has 0 aliphatic rings. The third-order valence-electron chi connectivity index (χ3n) is 2.60. The summed E-state index contributed by atoms with van der Waals surface area (Å²) in [5.41, 5.74) is 0.805. The molecule has 0 radical (unpaired) electrons. The van der Waals surface area contributed by atoms with Gasteiger partial charge in [0.2, 0.25) is 0 Å². The minimum Gasteiger partial charge on any atom is -0.508 e. The van der Waals surface area contributed by atoms with Gasteiger partial charge >= 0.3 is 0 Å². The number of hydrogen-bond donors (Lipinski definition) is 1. The van der Waals surface area contributed by atoms with Crippen LogP contribution in [0.25, 0.3) is 0 Å². The highest BCUT2D eigenvalue weighted by molar-refractivity contribution is 7.63. The van der Waals surface area contributed by atoms with Crippen LogP contribution in [-0.4, -0.2) is 17.4 Å². The molecule has 0 unspecified atom stereocenters. The van der Waals surface area contributed by atoms with Gasteiger partial charge in [-0.3, -0.25) is 0 Å². The zero-order chi connectivity index (χ0) is 10.6. The first-order valence-electron chi connectivity index (χ1n) is 4.95. The van der Waals surface area contributed by atoms with Crippen LogP contribution < -0.4 is 0 Å². The van der Waals surface area contributed by atoms with E-state index in [1.165, 1.54) is 0 Å². The lowest BCUT2D eigenvalue weighted by molar-refractivity contribution is 0.469. The number of phenols is 1. The number of rotatable bonds is 4. The fourth-order valence-corrected chi connectivity index (χ4v) is 3.18. The Morgan fingerprint density at radius 3 is 2.29 bits per heavy atom. The van der Waals surface area contributed by atoms with Crippen LogP contribution in [0.15, 0.2) is 24.3 Å². The zero-order valence-electron chi connectivity index (χ0n) is 8.73. The normalized spacial score (nSPS) is 11.6. The predicted octanol–water partition coefficient (Wildman–Crippen LogP) is 3.30. The lowest BCUT2D eigenvalue weighted by Gasteiger charge is -2.14. The third kappa shape index (κ3) is 2.62. The summed E-state index contributed by atoms with van der Waals surface area (Å²) in [6, 6.07) is 7.13. The van der Waals surface area contributed by atoms with E-state index in [4.69, 9.17) is 0 Å². The fraction of sp³-hybridized carbons (Fsp3) is 0.455. The topological polar surface area (TPSA) is 37.3 Å². The summed E-state index contributed by atoms with van der Waals surface area (Å²) in [7, 11) is -2.09. The lowest BCUT2D eigenvalue weighted by Crippen LogP contribution is -1.94. The van der Waals surface area contributed by atoms with Gasteiger partial charge in [-0.25, -0.2) is 0 Å². The molecule has 14 heavy (non-hydrogen) atoms. The van der Waals surface area contributed by atoms with Crippen molar-refractivity contribution in [3.63, 3.8) is 0 Å². The molecule has 0 aliphatic carbocycles. The van der Waals surface area contributed by atoms with Gasteiger partial charge < -0.3 is 9.67 Å². The summed E-state index contributed by atoms with van der Waals surface area (Å²) in [6.07, 6.45) is 1.93. The molecular weight excluding hydrogens is 195 g/mol. The van der Waals surface area contributed by atoms with E-state index >= 15 is 0 Å². The second-order valence-corrected chi connectivity index (χ2v) is 7.17. The Balaban J connectivity index is 2.88. The van der Waals surface area contributed by atoms with Crippen LogP contribution in [0.4, 0.5) is 0 Å². The van der Waals surface area contributed by atoms with E-state index in [2.05, 4.69) is 0 Å². The van der Waals surface area contributed by atoms with Gasteiger partial charge in [-0.2, -0.15) is 0 Å². The largest absolute Gasteiger partial charge is 0.508 e. The maximum absolute atomic E-state index is 12.2.